The molecule has 60 valence electrons. The summed E-state index contributed by atoms with van der Waals surface area (Å²) in [4.78, 5) is 4.02. The normalized spacial score (nSPS) is 9.73. The van der Waals surface area contributed by atoms with Crippen LogP contribution in [0.2, 0.25) is 0 Å². The Hall–Kier alpha value is -0.760. The van der Waals surface area contributed by atoms with Crippen LogP contribution in [0.15, 0.2) is 12.3 Å². The second kappa shape index (κ2) is 3.58. The van der Waals surface area contributed by atoms with E-state index in [2.05, 4.69) is 4.98 Å². The average Bonchev–Trinajstić information content (AvgIpc) is 2.05. The molecule has 0 aromatic carbocycles. The molecular weight excluding hydrogens is 162 g/mol. The van der Waals surface area contributed by atoms with Crippen LogP contribution in [0.5, 0.6) is 5.88 Å². The third-order valence-electron chi connectivity index (χ3n) is 1.54. The first-order valence-corrected chi connectivity index (χ1v) is 3.87. The molecule has 2 nitrogen and oxygen atoms in total. The number of hydrogen-bond donors (Lipinski definition) is 0. The van der Waals surface area contributed by atoms with Crippen LogP contribution in [-0.4, -0.2) is 12.1 Å². The predicted octanol–water partition coefficient (Wildman–Crippen LogP) is 2.14. The van der Waals surface area contributed by atoms with Crippen molar-refractivity contribution in [2.24, 2.45) is 0 Å². The molecule has 1 rings (SSSR count). The summed E-state index contributed by atoms with van der Waals surface area (Å²) in [7, 11) is 1.59. The highest BCUT2D eigenvalue weighted by atomic mass is 35.5. The van der Waals surface area contributed by atoms with Crippen LogP contribution >= 0.6 is 11.6 Å². The van der Waals surface area contributed by atoms with E-state index in [1.54, 1.807) is 13.3 Å². The topological polar surface area (TPSA) is 22.1 Å². The quantitative estimate of drug-likeness (QED) is 0.637. The molecule has 11 heavy (non-hydrogen) atoms. The molecule has 0 saturated heterocycles. The maximum absolute atomic E-state index is 5.68. The average molecular weight is 172 g/mol. The minimum Gasteiger partial charge on any atom is -0.481 e. The van der Waals surface area contributed by atoms with Gasteiger partial charge in [0.05, 0.1) is 7.11 Å². The van der Waals surface area contributed by atoms with Crippen LogP contribution in [0.3, 0.4) is 0 Å². The van der Waals surface area contributed by atoms with E-state index in [1.807, 2.05) is 13.0 Å². The number of aryl methyl sites for hydroxylation is 1. The summed E-state index contributed by atoms with van der Waals surface area (Å²) < 4.78 is 4.94. The summed E-state index contributed by atoms with van der Waals surface area (Å²) in [5.74, 6) is 1.12. The van der Waals surface area contributed by atoms with Crippen molar-refractivity contribution in [3.63, 3.8) is 0 Å². The van der Waals surface area contributed by atoms with Crippen molar-refractivity contribution in [1.29, 1.82) is 0 Å². The lowest BCUT2D eigenvalue weighted by molar-refractivity contribution is 0.397. The number of halogens is 1. The van der Waals surface area contributed by atoms with Crippen LogP contribution in [0, 0.1) is 6.92 Å². The number of methoxy groups -OCH3 is 1. The Morgan fingerprint density at radius 3 is 2.91 bits per heavy atom. The standard InChI is InChI=1S/C8H10ClNO/c1-6-5-10-8(11-2)3-7(6)4-9/h3,5H,4H2,1-2H3. The Bertz CT molecular complexity index is 250. The molecule has 0 unspecified atom stereocenters. The van der Waals surface area contributed by atoms with Gasteiger partial charge in [0.25, 0.3) is 0 Å². The molecule has 1 aromatic heterocycles. The summed E-state index contributed by atoms with van der Waals surface area (Å²) >= 11 is 5.68. The van der Waals surface area contributed by atoms with E-state index in [9.17, 15) is 0 Å². The van der Waals surface area contributed by atoms with Crippen molar-refractivity contribution >= 4 is 11.6 Å². The first kappa shape index (κ1) is 8.34. The third-order valence-corrected chi connectivity index (χ3v) is 1.83. The molecule has 0 aliphatic heterocycles. The Morgan fingerprint density at radius 1 is 1.64 bits per heavy atom. The zero-order valence-corrected chi connectivity index (χ0v) is 7.35. The van der Waals surface area contributed by atoms with Crippen molar-refractivity contribution in [3.05, 3.63) is 23.4 Å². The highest BCUT2D eigenvalue weighted by Crippen LogP contribution is 2.14. The van der Waals surface area contributed by atoms with Crippen LogP contribution < -0.4 is 4.74 Å². The Morgan fingerprint density at radius 2 is 2.36 bits per heavy atom. The number of rotatable bonds is 2. The van der Waals surface area contributed by atoms with Crippen molar-refractivity contribution < 1.29 is 4.74 Å². The Kier molecular flexibility index (Phi) is 2.71. The van der Waals surface area contributed by atoms with Gasteiger partial charge in [-0.05, 0) is 18.1 Å². The molecule has 0 aliphatic rings. The summed E-state index contributed by atoms with van der Waals surface area (Å²) in [5.41, 5.74) is 2.17. The molecule has 0 saturated carbocycles. The number of alkyl halides is 1. The SMILES string of the molecule is COc1cc(CCl)c(C)cn1. The van der Waals surface area contributed by atoms with Gasteiger partial charge in [-0.1, -0.05) is 0 Å². The number of pyridine rings is 1. The monoisotopic (exact) mass is 171 g/mol. The molecule has 0 N–H and O–H groups in total. The number of aromatic nitrogens is 1. The Labute approximate surface area is 71.2 Å². The van der Waals surface area contributed by atoms with Crippen molar-refractivity contribution in [2.45, 2.75) is 12.8 Å². The van der Waals surface area contributed by atoms with E-state index in [1.165, 1.54) is 0 Å². The summed E-state index contributed by atoms with van der Waals surface area (Å²) in [6.07, 6.45) is 1.76. The fourth-order valence-electron chi connectivity index (χ4n) is 0.799. The fourth-order valence-corrected chi connectivity index (χ4v) is 1.09. The molecule has 0 bridgehead atoms. The van der Waals surface area contributed by atoms with Crippen molar-refractivity contribution in [1.82, 2.24) is 4.98 Å². The maximum atomic E-state index is 5.68. The number of hydrogen-bond acceptors (Lipinski definition) is 2. The zero-order valence-electron chi connectivity index (χ0n) is 6.60. The molecule has 3 heteroatoms. The van der Waals surface area contributed by atoms with Gasteiger partial charge in [-0.15, -0.1) is 11.6 Å². The van der Waals surface area contributed by atoms with Gasteiger partial charge in [0.2, 0.25) is 5.88 Å². The van der Waals surface area contributed by atoms with E-state index < -0.39 is 0 Å². The molecule has 0 fully saturated rings. The van der Waals surface area contributed by atoms with Gasteiger partial charge >= 0.3 is 0 Å². The summed E-state index contributed by atoms with van der Waals surface area (Å²) in [5, 5.41) is 0. The van der Waals surface area contributed by atoms with Crippen LogP contribution in [0.1, 0.15) is 11.1 Å². The predicted molar refractivity (Wildman–Crippen MR) is 45.1 cm³/mol. The summed E-state index contributed by atoms with van der Waals surface area (Å²) in [6.45, 7) is 1.98. The van der Waals surface area contributed by atoms with Crippen LogP contribution in [0.25, 0.3) is 0 Å². The molecule has 0 atom stereocenters. The van der Waals surface area contributed by atoms with E-state index in [4.69, 9.17) is 16.3 Å². The van der Waals surface area contributed by atoms with Crippen molar-refractivity contribution in [3.8, 4) is 5.88 Å². The first-order chi connectivity index (χ1) is 5.27. The minimum absolute atomic E-state index is 0.505. The van der Waals surface area contributed by atoms with Crippen molar-refractivity contribution in [2.75, 3.05) is 7.11 Å². The van der Waals surface area contributed by atoms with E-state index in [0.717, 1.165) is 11.1 Å². The molecule has 0 radical (unpaired) electrons. The van der Waals surface area contributed by atoms with Crippen LogP contribution in [-0.2, 0) is 5.88 Å². The van der Waals surface area contributed by atoms with E-state index in [0.29, 0.717) is 11.8 Å². The van der Waals surface area contributed by atoms with E-state index in [-0.39, 0.29) is 0 Å². The maximum Gasteiger partial charge on any atom is 0.213 e. The van der Waals surface area contributed by atoms with E-state index >= 15 is 0 Å². The van der Waals surface area contributed by atoms with Gasteiger partial charge in [-0.3, -0.25) is 0 Å². The Balaban J connectivity index is 3.02. The molecule has 1 aromatic rings. The van der Waals surface area contributed by atoms with Gasteiger partial charge in [0.15, 0.2) is 0 Å². The highest BCUT2D eigenvalue weighted by Gasteiger charge is 1.99. The summed E-state index contributed by atoms with van der Waals surface area (Å²) in [6, 6.07) is 1.85. The lowest BCUT2D eigenvalue weighted by Gasteiger charge is -2.03. The first-order valence-electron chi connectivity index (χ1n) is 3.33. The second-order valence-corrected chi connectivity index (χ2v) is 2.55. The van der Waals surface area contributed by atoms with Gasteiger partial charge in [-0.2, -0.15) is 0 Å². The fraction of sp³-hybridized carbons (Fsp3) is 0.375. The highest BCUT2D eigenvalue weighted by molar-refractivity contribution is 6.17. The van der Waals surface area contributed by atoms with Crippen LogP contribution in [0.4, 0.5) is 0 Å². The van der Waals surface area contributed by atoms with Gasteiger partial charge in [-0.25, -0.2) is 4.98 Å². The smallest absolute Gasteiger partial charge is 0.213 e. The van der Waals surface area contributed by atoms with Gasteiger partial charge in [0.1, 0.15) is 0 Å². The number of nitrogens with zero attached hydrogens (tertiary/aromatic N) is 1. The lowest BCUT2D eigenvalue weighted by Crippen LogP contribution is -1.91. The largest absolute Gasteiger partial charge is 0.481 e. The zero-order chi connectivity index (χ0) is 8.27. The molecule has 1 heterocycles. The second-order valence-electron chi connectivity index (χ2n) is 2.29. The molecule has 0 spiro atoms. The van der Waals surface area contributed by atoms with Gasteiger partial charge in [0, 0.05) is 18.1 Å². The third kappa shape index (κ3) is 1.84. The molecule has 0 aliphatic carbocycles. The molecular formula is C8H10ClNO. The minimum atomic E-state index is 0.505. The number of ether oxygens (including phenoxy) is 1. The lowest BCUT2D eigenvalue weighted by atomic mass is 10.2. The van der Waals surface area contributed by atoms with Gasteiger partial charge < -0.3 is 4.74 Å². The molecule has 0 amide bonds.